The molecule has 4 rings (SSSR count). The fourth-order valence-electron chi connectivity index (χ4n) is 2.91. The second kappa shape index (κ2) is 6.59. The highest BCUT2D eigenvalue weighted by atomic mass is 16.6. The number of rotatable bonds is 5. The largest absolute Gasteiger partial charge is 0.478 e. The molecule has 1 fully saturated rings. The fourth-order valence-corrected chi connectivity index (χ4v) is 2.91. The molecule has 128 valence electrons. The molecule has 2 aliphatic rings. The minimum atomic E-state index is -0.957. The van der Waals surface area contributed by atoms with Crippen LogP contribution in [-0.2, 0) is 20.7 Å². The molecular weight excluding hydrogens is 318 g/mol. The first-order chi connectivity index (χ1) is 12.2. The summed E-state index contributed by atoms with van der Waals surface area (Å²) in [5.74, 6) is -0.100. The number of hydrogen-bond acceptors (Lipinski definition) is 4. The summed E-state index contributed by atoms with van der Waals surface area (Å²) < 4.78 is 11.2. The molecule has 2 atom stereocenters. The van der Waals surface area contributed by atoms with Crippen LogP contribution in [0.1, 0.15) is 30.1 Å². The summed E-state index contributed by atoms with van der Waals surface area (Å²) in [6, 6.07) is 16.8. The Morgan fingerprint density at radius 3 is 2.48 bits per heavy atom. The number of benzene rings is 2. The molecule has 0 spiro atoms. The molecule has 25 heavy (non-hydrogen) atoms. The van der Waals surface area contributed by atoms with Gasteiger partial charge in [-0.15, -0.1) is 0 Å². The third-order valence-electron chi connectivity index (χ3n) is 4.41. The molecule has 1 aliphatic heterocycles. The van der Waals surface area contributed by atoms with Crippen LogP contribution in [0.3, 0.4) is 0 Å². The number of hydrogen-bond donors (Lipinski definition) is 1. The van der Waals surface area contributed by atoms with Gasteiger partial charge in [0, 0.05) is 18.0 Å². The molecule has 2 unspecified atom stereocenters. The Labute approximate surface area is 145 Å². The van der Waals surface area contributed by atoms with Crippen molar-refractivity contribution in [3.63, 3.8) is 0 Å². The molecule has 1 heterocycles. The Kier molecular flexibility index (Phi) is 4.14. The molecule has 0 bridgehead atoms. The summed E-state index contributed by atoms with van der Waals surface area (Å²) in [4.78, 5) is 25.1. The van der Waals surface area contributed by atoms with Crippen LogP contribution >= 0.6 is 0 Å². The standard InChI is InChI=1S/C20H19NO4/c22-19(21-15-10-11-15)18(13-6-2-1-3-7-13)25-20(23)17-12-14-8-4-5-9-16(14)24-17/h1-9,15,17-18H,10-12H2,(H,21,22). The van der Waals surface area contributed by atoms with Gasteiger partial charge in [-0.25, -0.2) is 4.79 Å². The summed E-state index contributed by atoms with van der Waals surface area (Å²) in [7, 11) is 0. The predicted molar refractivity (Wildman–Crippen MR) is 91.0 cm³/mol. The maximum Gasteiger partial charge on any atom is 0.348 e. The van der Waals surface area contributed by atoms with Crippen molar-refractivity contribution in [2.75, 3.05) is 0 Å². The predicted octanol–water partition coefficient (Wildman–Crippen LogP) is 2.55. The molecule has 5 heteroatoms. The third kappa shape index (κ3) is 3.50. The first kappa shape index (κ1) is 15.7. The van der Waals surface area contributed by atoms with Gasteiger partial charge in [-0.3, -0.25) is 4.79 Å². The van der Waals surface area contributed by atoms with E-state index in [2.05, 4.69) is 5.32 Å². The average molecular weight is 337 g/mol. The lowest BCUT2D eigenvalue weighted by molar-refractivity contribution is -0.162. The van der Waals surface area contributed by atoms with Crippen LogP contribution in [0.25, 0.3) is 0 Å². The van der Waals surface area contributed by atoms with E-state index in [4.69, 9.17) is 9.47 Å². The zero-order chi connectivity index (χ0) is 17.2. The number of para-hydroxylation sites is 1. The van der Waals surface area contributed by atoms with Crippen molar-refractivity contribution >= 4 is 11.9 Å². The molecule has 1 amide bonds. The van der Waals surface area contributed by atoms with E-state index in [0.717, 1.165) is 18.4 Å². The van der Waals surface area contributed by atoms with Gasteiger partial charge in [0.05, 0.1) is 0 Å². The van der Waals surface area contributed by atoms with Crippen molar-refractivity contribution in [2.45, 2.75) is 37.5 Å². The number of ether oxygens (including phenoxy) is 2. The smallest absolute Gasteiger partial charge is 0.348 e. The summed E-state index contributed by atoms with van der Waals surface area (Å²) in [6.45, 7) is 0. The van der Waals surface area contributed by atoms with E-state index in [1.165, 1.54) is 0 Å². The summed E-state index contributed by atoms with van der Waals surface area (Å²) >= 11 is 0. The number of carbonyl (C=O) groups excluding carboxylic acids is 2. The lowest BCUT2D eigenvalue weighted by atomic mass is 10.1. The molecular formula is C20H19NO4. The van der Waals surface area contributed by atoms with Gasteiger partial charge in [-0.05, 0) is 24.5 Å². The number of carbonyl (C=O) groups is 2. The molecule has 0 saturated heterocycles. The van der Waals surface area contributed by atoms with Crippen LogP contribution in [0.4, 0.5) is 0 Å². The van der Waals surface area contributed by atoms with Gasteiger partial charge in [0.1, 0.15) is 5.75 Å². The first-order valence-corrected chi connectivity index (χ1v) is 8.51. The van der Waals surface area contributed by atoms with E-state index in [0.29, 0.717) is 17.7 Å². The van der Waals surface area contributed by atoms with E-state index < -0.39 is 18.2 Å². The first-order valence-electron chi connectivity index (χ1n) is 8.51. The Balaban J connectivity index is 1.48. The van der Waals surface area contributed by atoms with Crippen molar-refractivity contribution in [1.29, 1.82) is 0 Å². The Bertz CT molecular complexity index is 760. The van der Waals surface area contributed by atoms with Gasteiger partial charge in [0.15, 0.2) is 6.10 Å². The molecule has 2 aromatic carbocycles. The van der Waals surface area contributed by atoms with Gasteiger partial charge in [-0.1, -0.05) is 48.5 Å². The van der Waals surface area contributed by atoms with Gasteiger partial charge in [-0.2, -0.15) is 0 Å². The van der Waals surface area contributed by atoms with E-state index in [1.54, 1.807) is 12.1 Å². The van der Waals surface area contributed by atoms with Crippen LogP contribution in [0, 0.1) is 0 Å². The van der Waals surface area contributed by atoms with Crippen LogP contribution in [0.2, 0.25) is 0 Å². The molecule has 1 aliphatic carbocycles. The van der Waals surface area contributed by atoms with Crippen molar-refractivity contribution in [3.05, 3.63) is 65.7 Å². The quantitative estimate of drug-likeness (QED) is 0.852. The summed E-state index contributed by atoms with van der Waals surface area (Å²) in [6.07, 6.45) is 0.740. The normalized spacial score (nSPS) is 19.4. The summed E-state index contributed by atoms with van der Waals surface area (Å²) in [5.41, 5.74) is 1.63. The number of amides is 1. The van der Waals surface area contributed by atoms with Crippen LogP contribution in [-0.4, -0.2) is 24.0 Å². The number of fused-ring (bicyclic) bond motifs is 1. The van der Waals surface area contributed by atoms with Gasteiger partial charge in [0.2, 0.25) is 6.10 Å². The lowest BCUT2D eigenvalue weighted by Gasteiger charge is -2.20. The maximum atomic E-state index is 12.6. The summed E-state index contributed by atoms with van der Waals surface area (Å²) in [5, 5.41) is 2.91. The number of nitrogens with one attached hydrogen (secondary N) is 1. The zero-order valence-electron chi connectivity index (χ0n) is 13.7. The van der Waals surface area contributed by atoms with E-state index in [-0.39, 0.29) is 11.9 Å². The fraction of sp³-hybridized carbons (Fsp3) is 0.300. The minimum absolute atomic E-state index is 0.199. The van der Waals surface area contributed by atoms with Gasteiger partial charge < -0.3 is 14.8 Å². The van der Waals surface area contributed by atoms with Crippen molar-refractivity contribution in [2.24, 2.45) is 0 Å². The van der Waals surface area contributed by atoms with Crippen molar-refractivity contribution in [3.8, 4) is 5.75 Å². The molecule has 0 radical (unpaired) electrons. The van der Waals surface area contributed by atoms with Gasteiger partial charge in [0.25, 0.3) is 5.91 Å². The highest BCUT2D eigenvalue weighted by Crippen LogP contribution is 2.30. The Morgan fingerprint density at radius 1 is 1.04 bits per heavy atom. The highest BCUT2D eigenvalue weighted by Gasteiger charge is 2.35. The lowest BCUT2D eigenvalue weighted by Crippen LogP contribution is -2.36. The Morgan fingerprint density at radius 2 is 1.76 bits per heavy atom. The van der Waals surface area contributed by atoms with Crippen LogP contribution in [0.15, 0.2) is 54.6 Å². The van der Waals surface area contributed by atoms with E-state index in [1.807, 2.05) is 42.5 Å². The maximum absolute atomic E-state index is 12.6. The Hall–Kier alpha value is -2.82. The topological polar surface area (TPSA) is 64.6 Å². The number of esters is 1. The molecule has 1 N–H and O–H groups in total. The highest BCUT2D eigenvalue weighted by molar-refractivity contribution is 5.86. The van der Waals surface area contributed by atoms with Gasteiger partial charge >= 0.3 is 5.97 Å². The van der Waals surface area contributed by atoms with E-state index >= 15 is 0 Å². The second-order valence-electron chi connectivity index (χ2n) is 6.43. The third-order valence-corrected chi connectivity index (χ3v) is 4.41. The van der Waals surface area contributed by atoms with Crippen LogP contribution < -0.4 is 10.1 Å². The van der Waals surface area contributed by atoms with Crippen LogP contribution in [0.5, 0.6) is 5.75 Å². The zero-order valence-corrected chi connectivity index (χ0v) is 13.7. The second-order valence-corrected chi connectivity index (χ2v) is 6.43. The SMILES string of the molecule is O=C(OC(C(=O)NC1CC1)c1ccccc1)C1Cc2ccccc2O1. The minimum Gasteiger partial charge on any atom is -0.478 e. The monoisotopic (exact) mass is 337 g/mol. The van der Waals surface area contributed by atoms with Crippen molar-refractivity contribution < 1.29 is 19.1 Å². The molecule has 0 aromatic heterocycles. The van der Waals surface area contributed by atoms with E-state index in [9.17, 15) is 9.59 Å². The molecule has 5 nitrogen and oxygen atoms in total. The molecule has 1 saturated carbocycles. The van der Waals surface area contributed by atoms with Crippen molar-refractivity contribution in [1.82, 2.24) is 5.32 Å². The average Bonchev–Trinajstić information content (AvgIpc) is 3.34. The molecule has 2 aromatic rings.